The van der Waals surface area contributed by atoms with Crippen LogP contribution in [0.25, 0.3) is 0 Å². The van der Waals surface area contributed by atoms with Gasteiger partial charge in [-0.15, -0.1) is 0 Å². The van der Waals surface area contributed by atoms with E-state index < -0.39 is 22.0 Å². The van der Waals surface area contributed by atoms with Gasteiger partial charge in [0.1, 0.15) is 6.04 Å². The van der Waals surface area contributed by atoms with Crippen LogP contribution in [-0.2, 0) is 24.3 Å². The second-order valence-corrected chi connectivity index (χ2v) is 7.15. The first-order valence-electron chi connectivity index (χ1n) is 7.16. The van der Waals surface area contributed by atoms with Crippen molar-refractivity contribution in [2.75, 3.05) is 25.5 Å². The Balaban J connectivity index is 2.70. The van der Waals surface area contributed by atoms with E-state index in [0.29, 0.717) is 13.0 Å². The molecule has 1 rings (SSSR count). The normalized spacial score (nSPS) is 21.1. The Hall–Kier alpha value is -0.660. The van der Waals surface area contributed by atoms with Crippen LogP contribution in [0.2, 0.25) is 0 Å². The van der Waals surface area contributed by atoms with Crippen LogP contribution in [0.3, 0.4) is 0 Å². The van der Waals surface area contributed by atoms with Crippen LogP contribution in [0.15, 0.2) is 0 Å². The highest BCUT2D eigenvalue weighted by Crippen LogP contribution is 2.22. The maximum atomic E-state index is 12.3. The molecule has 0 N–H and O–H groups in total. The van der Waals surface area contributed by atoms with E-state index in [4.69, 9.17) is 9.47 Å². The molecule has 1 saturated heterocycles. The Morgan fingerprint density at radius 3 is 2.65 bits per heavy atom. The van der Waals surface area contributed by atoms with Crippen molar-refractivity contribution in [1.82, 2.24) is 4.31 Å². The fourth-order valence-corrected chi connectivity index (χ4v) is 3.75. The van der Waals surface area contributed by atoms with E-state index in [9.17, 15) is 13.2 Å². The van der Waals surface area contributed by atoms with Crippen molar-refractivity contribution >= 4 is 16.0 Å². The predicted molar refractivity (Wildman–Crippen MR) is 75.9 cm³/mol. The van der Waals surface area contributed by atoms with Crippen LogP contribution in [0.1, 0.15) is 40.0 Å². The third-order valence-corrected chi connectivity index (χ3v) is 5.00. The minimum absolute atomic E-state index is 0.00703. The maximum absolute atomic E-state index is 12.3. The van der Waals surface area contributed by atoms with Crippen LogP contribution >= 0.6 is 0 Å². The number of nitrogens with zero attached hydrogens (tertiary/aromatic N) is 1. The number of esters is 1. The van der Waals surface area contributed by atoms with Gasteiger partial charge in [0.2, 0.25) is 10.0 Å². The largest absolute Gasteiger partial charge is 0.465 e. The summed E-state index contributed by atoms with van der Waals surface area (Å²) < 4.78 is 36.2. The summed E-state index contributed by atoms with van der Waals surface area (Å²) in [6.07, 6.45) is 2.15. The highest BCUT2D eigenvalue weighted by atomic mass is 32.2. The van der Waals surface area contributed by atoms with Crippen molar-refractivity contribution in [1.29, 1.82) is 0 Å². The first-order valence-corrected chi connectivity index (χ1v) is 8.77. The summed E-state index contributed by atoms with van der Waals surface area (Å²) in [5.41, 5.74) is 0. The summed E-state index contributed by atoms with van der Waals surface area (Å²) in [4.78, 5) is 11.9. The van der Waals surface area contributed by atoms with Gasteiger partial charge in [-0.05, 0) is 40.0 Å². The number of piperidine rings is 1. The highest BCUT2D eigenvalue weighted by molar-refractivity contribution is 7.89. The van der Waals surface area contributed by atoms with E-state index in [1.807, 2.05) is 13.8 Å². The maximum Gasteiger partial charge on any atom is 0.324 e. The lowest BCUT2D eigenvalue weighted by molar-refractivity contribution is -0.148. The van der Waals surface area contributed by atoms with Gasteiger partial charge in [-0.3, -0.25) is 4.79 Å². The molecule has 0 spiro atoms. The van der Waals surface area contributed by atoms with Gasteiger partial charge < -0.3 is 9.47 Å². The molecule has 1 aliphatic heterocycles. The topological polar surface area (TPSA) is 72.9 Å². The number of rotatable bonds is 7. The molecule has 0 radical (unpaired) electrons. The lowest BCUT2D eigenvalue weighted by atomic mass is 10.1. The Morgan fingerprint density at radius 2 is 2.05 bits per heavy atom. The Morgan fingerprint density at radius 1 is 1.35 bits per heavy atom. The lowest BCUT2D eigenvalue weighted by Crippen LogP contribution is -2.49. The van der Waals surface area contributed by atoms with Gasteiger partial charge in [-0.1, -0.05) is 0 Å². The van der Waals surface area contributed by atoms with Crippen LogP contribution in [0, 0.1) is 0 Å². The van der Waals surface area contributed by atoms with Gasteiger partial charge in [-0.2, -0.15) is 4.31 Å². The molecule has 1 unspecified atom stereocenters. The van der Waals surface area contributed by atoms with Gasteiger partial charge in [0, 0.05) is 6.54 Å². The van der Waals surface area contributed by atoms with Crippen molar-refractivity contribution < 1.29 is 22.7 Å². The SMILES string of the molecule is CCOC(=O)C1CCCCN1S(=O)(=O)CCOC(C)C. The van der Waals surface area contributed by atoms with E-state index in [2.05, 4.69) is 0 Å². The number of hydrogen-bond donors (Lipinski definition) is 0. The lowest BCUT2D eigenvalue weighted by Gasteiger charge is -2.32. The van der Waals surface area contributed by atoms with Crippen LogP contribution in [0.5, 0.6) is 0 Å². The van der Waals surface area contributed by atoms with Crippen LogP contribution in [-0.4, -0.2) is 56.3 Å². The van der Waals surface area contributed by atoms with Crippen molar-refractivity contribution in [2.45, 2.75) is 52.2 Å². The molecule has 1 atom stereocenters. The molecule has 1 fully saturated rings. The molecule has 6 nitrogen and oxygen atoms in total. The van der Waals surface area contributed by atoms with Crippen molar-refractivity contribution in [3.05, 3.63) is 0 Å². The van der Waals surface area contributed by atoms with Gasteiger partial charge in [0.25, 0.3) is 0 Å². The Kier molecular flexibility index (Phi) is 6.91. The summed E-state index contributed by atoms with van der Waals surface area (Å²) >= 11 is 0. The van der Waals surface area contributed by atoms with Gasteiger partial charge in [0.15, 0.2) is 0 Å². The molecule has 118 valence electrons. The fourth-order valence-electron chi connectivity index (χ4n) is 2.22. The molecule has 0 aromatic carbocycles. The standard InChI is InChI=1S/C13H25NO5S/c1-4-18-13(15)12-7-5-6-8-14(12)20(16,17)10-9-19-11(2)3/h11-12H,4-10H2,1-3H3. The second kappa shape index (κ2) is 7.95. The molecule has 0 aromatic rings. The average molecular weight is 307 g/mol. The van der Waals surface area contributed by atoms with Crippen LogP contribution in [0.4, 0.5) is 0 Å². The number of hydrogen-bond acceptors (Lipinski definition) is 5. The summed E-state index contributed by atoms with van der Waals surface area (Å²) in [6, 6.07) is -0.673. The fraction of sp³-hybridized carbons (Fsp3) is 0.923. The molecule has 1 aliphatic rings. The van der Waals surface area contributed by atoms with E-state index in [1.165, 1.54) is 4.31 Å². The summed E-state index contributed by atoms with van der Waals surface area (Å²) in [7, 11) is -3.48. The Bertz CT molecular complexity index is 407. The molecule has 0 amide bonds. The first-order chi connectivity index (χ1) is 9.38. The molecular weight excluding hydrogens is 282 g/mol. The molecule has 20 heavy (non-hydrogen) atoms. The number of carbonyl (C=O) groups is 1. The number of sulfonamides is 1. The van der Waals surface area contributed by atoms with Gasteiger partial charge >= 0.3 is 5.97 Å². The number of ether oxygens (including phenoxy) is 2. The van der Waals surface area contributed by atoms with Crippen molar-refractivity contribution in [3.8, 4) is 0 Å². The smallest absolute Gasteiger partial charge is 0.324 e. The molecule has 1 heterocycles. The summed E-state index contributed by atoms with van der Waals surface area (Å²) in [6.45, 7) is 6.22. The zero-order chi connectivity index (χ0) is 15.2. The molecule has 0 saturated carbocycles. The monoisotopic (exact) mass is 307 g/mol. The van der Waals surface area contributed by atoms with Crippen LogP contribution < -0.4 is 0 Å². The van der Waals surface area contributed by atoms with E-state index >= 15 is 0 Å². The van der Waals surface area contributed by atoms with Gasteiger partial charge in [-0.25, -0.2) is 8.42 Å². The zero-order valence-electron chi connectivity index (χ0n) is 12.5. The third-order valence-electron chi connectivity index (χ3n) is 3.16. The van der Waals surface area contributed by atoms with E-state index in [-0.39, 0.29) is 25.1 Å². The molecular formula is C13H25NO5S. The highest BCUT2D eigenvalue weighted by Gasteiger charge is 2.37. The first kappa shape index (κ1) is 17.4. The van der Waals surface area contributed by atoms with Gasteiger partial charge in [0.05, 0.1) is 25.1 Å². The minimum Gasteiger partial charge on any atom is -0.465 e. The molecule has 0 aromatic heterocycles. The quantitative estimate of drug-likeness (QED) is 0.660. The van der Waals surface area contributed by atoms with Crippen molar-refractivity contribution in [2.24, 2.45) is 0 Å². The summed E-state index contributed by atoms with van der Waals surface area (Å²) in [5, 5.41) is 0. The van der Waals surface area contributed by atoms with E-state index in [1.54, 1.807) is 6.92 Å². The Labute approximate surface area is 121 Å². The summed E-state index contributed by atoms with van der Waals surface area (Å²) in [5.74, 6) is -0.540. The third kappa shape index (κ3) is 5.03. The zero-order valence-corrected chi connectivity index (χ0v) is 13.3. The van der Waals surface area contributed by atoms with Crippen molar-refractivity contribution in [3.63, 3.8) is 0 Å². The average Bonchev–Trinajstić information content (AvgIpc) is 2.38. The number of carbonyl (C=O) groups excluding carboxylic acids is 1. The molecule has 0 aliphatic carbocycles. The second-order valence-electron chi connectivity index (χ2n) is 5.11. The molecule has 0 bridgehead atoms. The van der Waals surface area contributed by atoms with E-state index in [0.717, 1.165) is 12.8 Å². The molecule has 7 heteroatoms. The minimum atomic E-state index is -3.48. The predicted octanol–water partition coefficient (Wildman–Crippen LogP) is 1.16.